The lowest BCUT2D eigenvalue weighted by Gasteiger charge is -2.37. The zero-order valence-corrected chi connectivity index (χ0v) is 16.2. The molecule has 0 radical (unpaired) electrons. The number of anilines is 1. The first kappa shape index (κ1) is 20.9. The van der Waals surface area contributed by atoms with Crippen LogP contribution in [0.2, 0.25) is 0 Å². The maximum atomic E-state index is 12.2. The molecule has 2 rings (SSSR count). The number of carbonyl (C=O) groups is 1. The molecule has 146 valence electrons. The number of hydrogen-bond donors (Lipinski definition) is 2. The Morgan fingerprint density at radius 1 is 1.30 bits per heavy atom. The number of hydrogen-bond acceptors (Lipinski definition) is 6. The summed E-state index contributed by atoms with van der Waals surface area (Å²) >= 11 is 0. The highest BCUT2D eigenvalue weighted by molar-refractivity contribution is 6.58. The van der Waals surface area contributed by atoms with Gasteiger partial charge in [0.15, 0.2) is 0 Å². The van der Waals surface area contributed by atoms with E-state index >= 15 is 0 Å². The molecule has 1 fully saturated rings. The van der Waals surface area contributed by atoms with Gasteiger partial charge in [0.1, 0.15) is 5.60 Å². The van der Waals surface area contributed by atoms with Crippen LogP contribution in [0.25, 0.3) is 10.4 Å². The van der Waals surface area contributed by atoms with E-state index in [1.54, 1.807) is 17.0 Å². The van der Waals surface area contributed by atoms with Crippen LogP contribution in [0.4, 0.5) is 10.5 Å². The van der Waals surface area contributed by atoms with Crippen molar-refractivity contribution in [2.75, 3.05) is 31.1 Å². The summed E-state index contributed by atoms with van der Waals surface area (Å²) in [6.07, 6.45) is -0.331. The molecule has 0 aromatic heterocycles. The van der Waals surface area contributed by atoms with E-state index in [-0.39, 0.29) is 12.6 Å². The Morgan fingerprint density at radius 2 is 1.93 bits per heavy atom. The number of piperazine rings is 1. The second-order valence-electron chi connectivity index (χ2n) is 7.54. The quantitative estimate of drug-likeness (QED) is 0.358. The minimum Gasteiger partial charge on any atom is -0.444 e. The second-order valence-corrected chi connectivity index (χ2v) is 7.54. The maximum absolute atomic E-state index is 12.2. The van der Waals surface area contributed by atoms with E-state index in [0.717, 1.165) is 16.8 Å². The van der Waals surface area contributed by atoms with Gasteiger partial charge in [-0.3, -0.25) is 0 Å². The van der Waals surface area contributed by atoms with Crippen molar-refractivity contribution in [3.05, 3.63) is 33.7 Å². The Balaban J connectivity index is 2.18. The van der Waals surface area contributed by atoms with Gasteiger partial charge in [-0.15, -0.1) is 0 Å². The Hall–Kier alpha value is -2.42. The van der Waals surface area contributed by atoms with Crippen LogP contribution in [-0.2, 0) is 11.3 Å². The van der Waals surface area contributed by atoms with Crippen molar-refractivity contribution in [2.45, 2.75) is 39.8 Å². The van der Waals surface area contributed by atoms with Gasteiger partial charge in [-0.05, 0) is 55.9 Å². The van der Waals surface area contributed by atoms with Gasteiger partial charge in [-0.1, -0.05) is 11.2 Å². The van der Waals surface area contributed by atoms with E-state index in [2.05, 4.69) is 14.9 Å². The first-order valence-electron chi connectivity index (χ1n) is 8.85. The molecular weight excluding hydrogens is 349 g/mol. The summed E-state index contributed by atoms with van der Waals surface area (Å²) in [5.74, 6) is 0. The fraction of sp³-hybridized carbons (Fsp3) is 0.588. The molecule has 0 atom stereocenters. The summed E-state index contributed by atoms with van der Waals surface area (Å²) in [5.41, 5.74) is 10.9. The number of rotatable bonds is 4. The fourth-order valence-electron chi connectivity index (χ4n) is 2.99. The lowest BCUT2D eigenvalue weighted by Crippen LogP contribution is -2.50. The van der Waals surface area contributed by atoms with Gasteiger partial charge < -0.3 is 24.6 Å². The van der Waals surface area contributed by atoms with E-state index < -0.39 is 12.7 Å². The third-order valence-electron chi connectivity index (χ3n) is 4.38. The molecule has 9 nitrogen and oxygen atoms in total. The smallest absolute Gasteiger partial charge is 0.444 e. The third kappa shape index (κ3) is 5.53. The molecule has 1 aliphatic rings. The van der Waals surface area contributed by atoms with E-state index in [4.69, 9.17) is 10.3 Å². The zero-order valence-electron chi connectivity index (χ0n) is 16.2. The van der Waals surface area contributed by atoms with Crippen molar-refractivity contribution in [1.82, 2.24) is 4.90 Å². The van der Waals surface area contributed by atoms with Crippen molar-refractivity contribution in [2.24, 2.45) is 5.11 Å². The molecule has 1 saturated heterocycles. The summed E-state index contributed by atoms with van der Waals surface area (Å²) in [5, 5.41) is 22.7. The van der Waals surface area contributed by atoms with Crippen LogP contribution < -0.4 is 10.4 Å². The molecule has 0 unspecified atom stereocenters. The van der Waals surface area contributed by atoms with Crippen molar-refractivity contribution in [1.29, 1.82) is 0 Å². The van der Waals surface area contributed by atoms with E-state index in [1.165, 1.54) is 0 Å². The van der Waals surface area contributed by atoms with Gasteiger partial charge in [-0.25, -0.2) is 4.79 Å². The molecular formula is C17H26BN5O4. The van der Waals surface area contributed by atoms with Crippen molar-refractivity contribution < 1.29 is 19.6 Å². The van der Waals surface area contributed by atoms with Crippen LogP contribution in [0, 0.1) is 6.92 Å². The van der Waals surface area contributed by atoms with Crippen molar-refractivity contribution >= 4 is 24.4 Å². The van der Waals surface area contributed by atoms with Crippen LogP contribution in [0.1, 0.15) is 31.9 Å². The van der Waals surface area contributed by atoms with Crippen LogP contribution >= 0.6 is 0 Å². The van der Waals surface area contributed by atoms with Gasteiger partial charge in [0.2, 0.25) is 0 Å². The van der Waals surface area contributed by atoms with Crippen LogP contribution in [-0.4, -0.2) is 59.9 Å². The number of azide groups is 1. The Bertz CT molecular complexity index is 736. The standard InChI is InChI=1S/C17H26BN5O4/c1-12-13(11-20-21-19)9-14(18(25)26)10-15(12)22-5-7-23(8-6-22)16(24)27-17(2,3)4/h9-10,25-26H,5-8,11H2,1-4H3. The van der Waals surface area contributed by atoms with Gasteiger partial charge >= 0.3 is 13.2 Å². The monoisotopic (exact) mass is 375 g/mol. The minimum absolute atomic E-state index is 0.133. The summed E-state index contributed by atoms with van der Waals surface area (Å²) in [6.45, 7) is 9.74. The first-order valence-corrected chi connectivity index (χ1v) is 8.85. The minimum atomic E-state index is -1.61. The number of nitrogens with zero attached hydrogens (tertiary/aromatic N) is 5. The molecule has 0 saturated carbocycles. The lowest BCUT2D eigenvalue weighted by molar-refractivity contribution is 0.0240. The molecule has 0 spiro atoms. The van der Waals surface area contributed by atoms with Gasteiger partial charge in [0.05, 0.1) is 6.54 Å². The van der Waals surface area contributed by atoms with Gasteiger partial charge in [0, 0.05) is 36.8 Å². The lowest BCUT2D eigenvalue weighted by atomic mass is 9.78. The van der Waals surface area contributed by atoms with Crippen LogP contribution in [0.5, 0.6) is 0 Å². The average molecular weight is 375 g/mol. The SMILES string of the molecule is Cc1c(CN=[N+]=[N-])cc(B(O)O)cc1N1CCN(C(=O)OC(C)(C)C)CC1. The second kappa shape index (κ2) is 8.52. The molecule has 1 aromatic carbocycles. The average Bonchev–Trinajstić information content (AvgIpc) is 2.59. The highest BCUT2D eigenvalue weighted by Gasteiger charge is 2.27. The third-order valence-corrected chi connectivity index (χ3v) is 4.38. The van der Waals surface area contributed by atoms with Gasteiger partial charge in [0.25, 0.3) is 0 Å². The van der Waals surface area contributed by atoms with E-state index in [1.807, 2.05) is 27.7 Å². The predicted molar refractivity (Wildman–Crippen MR) is 104 cm³/mol. The predicted octanol–water partition coefficient (Wildman–Crippen LogP) is 1.54. The summed E-state index contributed by atoms with van der Waals surface area (Å²) < 4.78 is 5.41. The molecule has 2 N–H and O–H groups in total. The molecule has 1 heterocycles. The molecule has 1 aromatic rings. The maximum Gasteiger partial charge on any atom is 0.488 e. The largest absolute Gasteiger partial charge is 0.488 e. The highest BCUT2D eigenvalue weighted by Crippen LogP contribution is 2.25. The molecule has 1 amide bonds. The van der Waals surface area contributed by atoms with Gasteiger partial charge in [-0.2, -0.15) is 0 Å². The van der Waals surface area contributed by atoms with Crippen molar-refractivity contribution in [3.8, 4) is 0 Å². The summed E-state index contributed by atoms with van der Waals surface area (Å²) in [4.78, 5) is 18.7. The Kier molecular flexibility index (Phi) is 6.59. The number of carbonyl (C=O) groups excluding carboxylic acids is 1. The fourth-order valence-corrected chi connectivity index (χ4v) is 2.99. The molecule has 27 heavy (non-hydrogen) atoms. The van der Waals surface area contributed by atoms with Crippen molar-refractivity contribution in [3.63, 3.8) is 0 Å². The van der Waals surface area contributed by atoms with E-state index in [9.17, 15) is 14.8 Å². The van der Waals surface area contributed by atoms with Crippen LogP contribution in [0.15, 0.2) is 17.2 Å². The molecule has 0 aliphatic carbocycles. The Morgan fingerprint density at radius 3 is 2.44 bits per heavy atom. The first-order chi connectivity index (χ1) is 12.6. The number of benzene rings is 1. The topological polar surface area (TPSA) is 122 Å². The Labute approximate surface area is 159 Å². The zero-order chi connectivity index (χ0) is 20.2. The summed E-state index contributed by atoms with van der Waals surface area (Å²) in [7, 11) is -1.61. The molecule has 0 bridgehead atoms. The number of amides is 1. The molecule has 1 aliphatic heterocycles. The van der Waals surface area contributed by atoms with E-state index in [0.29, 0.717) is 31.6 Å². The number of ether oxygens (including phenoxy) is 1. The summed E-state index contributed by atoms with van der Waals surface area (Å²) in [6, 6.07) is 3.36. The molecule has 10 heteroatoms. The van der Waals surface area contributed by atoms with Crippen LogP contribution in [0.3, 0.4) is 0 Å². The highest BCUT2D eigenvalue weighted by atomic mass is 16.6. The normalized spacial score (nSPS) is 14.6.